The zero-order chi connectivity index (χ0) is 26.3. The van der Waals surface area contributed by atoms with E-state index in [1.54, 1.807) is 45.2 Å². The number of carbonyl (C=O) groups excluding carboxylic acids is 2. The summed E-state index contributed by atoms with van der Waals surface area (Å²) in [5, 5.41) is 2.92. The minimum absolute atomic E-state index is 0.0545. The number of rotatable bonds is 11. The first-order chi connectivity index (χ1) is 16.4. The van der Waals surface area contributed by atoms with Crippen molar-refractivity contribution in [2.24, 2.45) is 0 Å². The Kier molecular flexibility index (Phi) is 9.71. The maximum Gasteiger partial charge on any atom is 0.244 e. The predicted octanol–water partition coefficient (Wildman–Crippen LogP) is 3.41. The van der Waals surface area contributed by atoms with Crippen LogP contribution in [0.4, 0.5) is 5.69 Å². The van der Waals surface area contributed by atoms with E-state index in [0.717, 1.165) is 33.7 Å². The molecule has 0 fully saturated rings. The van der Waals surface area contributed by atoms with Crippen molar-refractivity contribution < 1.29 is 22.7 Å². The number of amides is 2. The summed E-state index contributed by atoms with van der Waals surface area (Å²) in [5.41, 5.74) is 2.81. The molecule has 35 heavy (non-hydrogen) atoms. The largest absolute Gasteiger partial charge is 0.497 e. The van der Waals surface area contributed by atoms with Gasteiger partial charge in [0.25, 0.3) is 0 Å². The lowest BCUT2D eigenvalue weighted by Crippen LogP contribution is -2.52. The Morgan fingerprint density at radius 3 is 2.37 bits per heavy atom. The topological polar surface area (TPSA) is 96.0 Å². The zero-order valence-corrected chi connectivity index (χ0v) is 22.5. The molecule has 9 heteroatoms. The number of hydrogen-bond donors (Lipinski definition) is 1. The van der Waals surface area contributed by atoms with Crippen LogP contribution in [0.5, 0.6) is 5.75 Å². The van der Waals surface area contributed by atoms with E-state index in [4.69, 9.17) is 4.74 Å². The summed E-state index contributed by atoms with van der Waals surface area (Å²) in [7, 11) is -2.22. The number of aryl methyl sites for hydroxylation is 2. The first-order valence-electron chi connectivity index (χ1n) is 11.6. The van der Waals surface area contributed by atoms with E-state index in [1.165, 1.54) is 4.90 Å². The molecule has 0 saturated carbocycles. The maximum absolute atomic E-state index is 13.6. The van der Waals surface area contributed by atoms with Crippen LogP contribution in [-0.4, -0.2) is 57.1 Å². The van der Waals surface area contributed by atoms with Crippen molar-refractivity contribution in [2.45, 2.75) is 59.7 Å². The van der Waals surface area contributed by atoms with Crippen molar-refractivity contribution in [3.8, 4) is 5.75 Å². The molecule has 2 atom stereocenters. The van der Waals surface area contributed by atoms with E-state index in [9.17, 15) is 18.0 Å². The molecule has 2 aromatic rings. The van der Waals surface area contributed by atoms with Crippen LogP contribution < -0.4 is 14.4 Å². The average molecular weight is 504 g/mol. The first-order valence-corrected chi connectivity index (χ1v) is 13.5. The lowest BCUT2D eigenvalue weighted by atomic mass is 10.1. The molecule has 0 radical (unpaired) electrons. The van der Waals surface area contributed by atoms with Crippen molar-refractivity contribution in [3.63, 3.8) is 0 Å². The quantitative estimate of drug-likeness (QED) is 0.507. The van der Waals surface area contributed by atoms with Gasteiger partial charge < -0.3 is 15.0 Å². The van der Waals surface area contributed by atoms with Gasteiger partial charge in [-0.25, -0.2) is 8.42 Å². The predicted molar refractivity (Wildman–Crippen MR) is 139 cm³/mol. The second kappa shape index (κ2) is 12.1. The van der Waals surface area contributed by atoms with Gasteiger partial charge in [0.1, 0.15) is 18.3 Å². The Balaban J connectivity index is 2.44. The molecule has 0 bridgehead atoms. The second-order valence-electron chi connectivity index (χ2n) is 8.93. The third kappa shape index (κ3) is 7.71. The first kappa shape index (κ1) is 28.2. The average Bonchev–Trinajstić information content (AvgIpc) is 2.81. The Morgan fingerprint density at radius 1 is 1.09 bits per heavy atom. The van der Waals surface area contributed by atoms with Crippen LogP contribution in [0.15, 0.2) is 42.5 Å². The summed E-state index contributed by atoms with van der Waals surface area (Å²) in [6.45, 7) is 8.87. The van der Waals surface area contributed by atoms with Gasteiger partial charge in [-0.1, -0.05) is 31.2 Å². The highest BCUT2D eigenvalue weighted by molar-refractivity contribution is 7.92. The van der Waals surface area contributed by atoms with Crippen LogP contribution >= 0.6 is 0 Å². The van der Waals surface area contributed by atoms with Crippen LogP contribution in [-0.2, 0) is 26.2 Å². The standard InChI is InChI=1S/C26H37N3O5S/c1-8-20(4)27-26(31)21(5)28(16-22-10-9-11-23(15-22)34-6)25(30)17-29(35(7,32)33)24-14-18(2)12-13-19(24)3/h9-15,20-21H,8,16-17H2,1-7H3,(H,27,31). The van der Waals surface area contributed by atoms with Crippen LogP contribution in [0.1, 0.15) is 43.9 Å². The molecule has 2 amide bonds. The molecule has 0 saturated heterocycles. The smallest absolute Gasteiger partial charge is 0.244 e. The SMILES string of the molecule is CCC(C)NC(=O)C(C)N(Cc1cccc(OC)c1)C(=O)CN(c1cc(C)ccc1C)S(C)(=O)=O. The van der Waals surface area contributed by atoms with Crippen LogP contribution in [0.25, 0.3) is 0 Å². The monoisotopic (exact) mass is 503 g/mol. The molecule has 0 aliphatic heterocycles. The summed E-state index contributed by atoms with van der Waals surface area (Å²) in [6.07, 6.45) is 1.82. The van der Waals surface area contributed by atoms with Crippen LogP contribution in [0.3, 0.4) is 0 Å². The molecule has 0 spiro atoms. The van der Waals surface area contributed by atoms with E-state index in [1.807, 2.05) is 39.0 Å². The number of benzene rings is 2. The molecule has 2 unspecified atom stereocenters. The number of anilines is 1. The van der Waals surface area contributed by atoms with E-state index < -0.39 is 28.5 Å². The van der Waals surface area contributed by atoms with Gasteiger partial charge in [-0.3, -0.25) is 13.9 Å². The van der Waals surface area contributed by atoms with Gasteiger partial charge in [-0.2, -0.15) is 0 Å². The van der Waals surface area contributed by atoms with Gasteiger partial charge in [-0.05, 0) is 69.0 Å². The van der Waals surface area contributed by atoms with Crippen LogP contribution in [0.2, 0.25) is 0 Å². The van der Waals surface area contributed by atoms with Crippen molar-refractivity contribution in [1.82, 2.24) is 10.2 Å². The fraction of sp³-hybridized carbons (Fsp3) is 0.462. The number of methoxy groups -OCH3 is 1. The molecule has 2 aromatic carbocycles. The highest BCUT2D eigenvalue weighted by atomic mass is 32.2. The minimum atomic E-state index is -3.77. The summed E-state index contributed by atoms with van der Waals surface area (Å²) in [5.74, 6) is -0.154. The van der Waals surface area contributed by atoms with Gasteiger partial charge in [0.05, 0.1) is 19.1 Å². The zero-order valence-electron chi connectivity index (χ0n) is 21.7. The fourth-order valence-electron chi connectivity index (χ4n) is 3.60. The number of carbonyl (C=O) groups is 2. The lowest BCUT2D eigenvalue weighted by Gasteiger charge is -2.32. The van der Waals surface area contributed by atoms with Gasteiger partial charge in [-0.15, -0.1) is 0 Å². The summed E-state index contributed by atoms with van der Waals surface area (Å²) in [6, 6.07) is 11.8. The number of hydrogen-bond acceptors (Lipinski definition) is 5. The van der Waals surface area contributed by atoms with Gasteiger partial charge in [0.2, 0.25) is 21.8 Å². The fourth-order valence-corrected chi connectivity index (χ4v) is 4.50. The maximum atomic E-state index is 13.6. The van der Waals surface area contributed by atoms with Crippen molar-refractivity contribution >= 4 is 27.5 Å². The highest BCUT2D eigenvalue weighted by Crippen LogP contribution is 2.25. The van der Waals surface area contributed by atoms with Crippen molar-refractivity contribution in [2.75, 3.05) is 24.2 Å². The molecule has 0 heterocycles. The molecule has 192 valence electrons. The lowest BCUT2D eigenvalue weighted by molar-refractivity contribution is -0.139. The normalized spacial score (nSPS) is 13.0. The number of nitrogens with one attached hydrogen (secondary N) is 1. The molecule has 8 nitrogen and oxygen atoms in total. The van der Waals surface area contributed by atoms with E-state index in [0.29, 0.717) is 11.4 Å². The van der Waals surface area contributed by atoms with E-state index in [-0.39, 0.29) is 18.5 Å². The van der Waals surface area contributed by atoms with Gasteiger partial charge in [0, 0.05) is 12.6 Å². The summed E-state index contributed by atoms with van der Waals surface area (Å²) < 4.78 is 31.9. The Bertz CT molecular complexity index is 1150. The second-order valence-corrected chi connectivity index (χ2v) is 10.8. The Labute approximate surface area is 209 Å². The molecule has 0 aromatic heterocycles. The van der Waals surface area contributed by atoms with E-state index >= 15 is 0 Å². The minimum Gasteiger partial charge on any atom is -0.497 e. The molecular formula is C26H37N3O5S. The number of nitrogens with zero attached hydrogens (tertiary/aromatic N) is 2. The van der Waals surface area contributed by atoms with Crippen molar-refractivity contribution in [3.05, 3.63) is 59.2 Å². The molecular weight excluding hydrogens is 466 g/mol. The van der Waals surface area contributed by atoms with E-state index in [2.05, 4.69) is 5.32 Å². The number of sulfonamides is 1. The molecule has 0 aliphatic carbocycles. The molecule has 0 aliphatic rings. The summed E-state index contributed by atoms with van der Waals surface area (Å²) >= 11 is 0. The van der Waals surface area contributed by atoms with Gasteiger partial charge >= 0.3 is 0 Å². The Morgan fingerprint density at radius 2 is 1.77 bits per heavy atom. The third-order valence-corrected chi connectivity index (χ3v) is 7.09. The number of ether oxygens (including phenoxy) is 1. The third-order valence-electron chi connectivity index (χ3n) is 5.97. The van der Waals surface area contributed by atoms with Crippen LogP contribution in [0, 0.1) is 13.8 Å². The summed E-state index contributed by atoms with van der Waals surface area (Å²) in [4.78, 5) is 28.0. The van der Waals surface area contributed by atoms with Crippen molar-refractivity contribution in [1.29, 1.82) is 0 Å². The Hall–Kier alpha value is -3.07. The van der Waals surface area contributed by atoms with Gasteiger partial charge in [0.15, 0.2) is 0 Å². The molecule has 1 N–H and O–H groups in total. The highest BCUT2D eigenvalue weighted by Gasteiger charge is 2.31. The molecule has 2 rings (SSSR count).